The van der Waals surface area contributed by atoms with E-state index >= 15 is 0 Å². The van der Waals surface area contributed by atoms with Crippen molar-refractivity contribution in [2.75, 3.05) is 5.32 Å². The van der Waals surface area contributed by atoms with Crippen LogP contribution in [0.5, 0.6) is 0 Å². The number of hydrogen-bond acceptors (Lipinski definition) is 4. The maximum atomic E-state index is 12.6. The van der Waals surface area contributed by atoms with Gasteiger partial charge >= 0.3 is 5.97 Å². The van der Waals surface area contributed by atoms with Crippen LogP contribution in [0.25, 0.3) is 21.9 Å². The molecule has 1 amide bonds. The first kappa shape index (κ1) is 18.2. The zero-order chi connectivity index (χ0) is 19.7. The number of carbonyl (C=O) groups excluding carboxylic acids is 1. The highest BCUT2D eigenvalue weighted by molar-refractivity contribution is 5.95. The Balaban J connectivity index is 1.49. The zero-order valence-electron chi connectivity index (χ0n) is 15.6. The maximum Gasteiger partial charge on any atom is 0.306 e. The molecule has 2 aromatic heterocycles. The Bertz CT molecular complexity index is 1040. The normalized spacial score (nSPS) is 19.5. The number of aryl methyl sites for hydroxylation is 1. The number of carboxylic acid groups (broad SMARTS) is 1. The molecule has 2 N–H and O–H groups in total. The van der Waals surface area contributed by atoms with Crippen molar-refractivity contribution in [1.29, 1.82) is 0 Å². The van der Waals surface area contributed by atoms with Gasteiger partial charge in [-0.05, 0) is 48.8 Å². The molecule has 0 unspecified atom stereocenters. The molecule has 1 saturated carbocycles. The summed E-state index contributed by atoms with van der Waals surface area (Å²) in [6.07, 6.45) is 7.82. The molecule has 7 heteroatoms. The van der Waals surface area contributed by atoms with Gasteiger partial charge in [0.15, 0.2) is 0 Å². The molecule has 1 aromatic carbocycles. The fraction of sp³-hybridized carbons (Fsp3) is 0.333. The largest absolute Gasteiger partial charge is 0.481 e. The number of fused-ring (bicyclic) bond motifs is 1. The van der Waals surface area contributed by atoms with Gasteiger partial charge < -0.3 is 10.4 Å². The van der Waals surface area contributed by atoms with Gasteiger partial charge in [0, 0.05) is 36.3 Å². The second-order valence-electron chi connectivity index (χ2n) is 7.41. The minimum Gasteiger partial charge on any atom is -0.481 e. The highest BCUT2D eigenvalue weighted by atomic mass is 16.4. The number of pyridine rings is 1. The lowest BCUT2D eigenvalue weighted by Gasteiger charge is -2.25. The summed E-state index contributed by atoms with van der Waals surface area (Å²) in [5.74, 6) is -0.816. The van der Waals surface area contributed by atoms with Gasteiger partial charge in [-0.1, -0.05) is 12.1 Å². The number of carboxylic acids is 1. The van der Waals surface area contributed by atoms with E-state index in [1.165, 1.54) is 0 Å². The molecule has 0 aliphatic heterocycles. The molecule has 1 aliphatic rings. The van der Waals surface area contributed by atoms with Gasteiger partial charge in [-0.3, -0.25) is 14.3 Å². The van der Waals surface area contributed by atoms with Crippen molar-refractivity contribution in [3.63, 3.8) is 0 Å². The van der Waals surface area contributed by atoms with Crippen LogP contribution in [0.1, 0.15) is 25.7 Å². The van der Waals surface area contributed by atoms with Gasteiger partial charge in [0.1, 0.15) is 5.82 Å². The van der Waals surface area contributed by atoms with E-state index < -0.39 is 5.97 Å². The van der Waals surface area contributed by atoms with Crippen molar-refractivity contribution >= 4 is 28.5 Å². The van der Waals surface area contributed by atoms with Gasteiger partial charge in [0.05, 0.1) is 12.1 Å². The molecule has 1 fully saturated rings. The van der Waals surface area contributed by atoms with Gasteiger partial charge in [-0.25, -0.2) is 4.98 Å². The summed E-state index contributed by atoms with van der Waals surface area (Å²) < 4.78 is 1.76. The van der Waals surface area contributed by atoms with Crippen LogP contribution in [0.15, 0.2) is 42.9 Å². The molecule has 28 heavy (non-hydrogen) atoms. The quantitative estimate of drug-likeness (QED) is 0.725. The molecule has 3 aromatic rings. The minimum atomic E-state index is -0.764. The van der Waals surface area contributed by atoms with Crippen molar-refractivity contribution in [3.05, 3.63) is 42.9 Å². The van der Waals surface area contributed by atoms with Crippen molar-refractivity contribution in [1.82, 2.24) is 14.8 Å². The lowest BCUT2D eigenvalue weighted by molar-refractivity contribution is -0.143. The van der Waals surface area contributed by atoms with Crippen LogP contribution in [0.3, 0.4) is 0 Å². The van der Waals surface area contributed by atoms with Crippen molar-refractivity contribution in [3.8, 4) is 11.1 Å². The zero-order valence-corrected chi connectivity index (χ0v) is 15.6. The molecule has 4 rings (SSSR count). The Morgan fingerprint density at radius 3 is 2.46 bits per heavy atom. The third kappa shape index (κ3) is 3.74. The topological polar surface area (TPSA) is 97.1 Å². The Morgan fingerprint density at radius 2 is 1.79 bits per heavy atom. The van der Waals surface area contributed by atoms with E-state index in [1.807, 2.05) is 37.6 Å². The van der Waals surface area contributed by atoms with E-state index in [0.717, 1.165) is 21.9 Å². The number of benzene rings is 1. The van der Waals surface area contributed by atoms with E-state index in [9.17, 15) is 9.59 Å². The fourth-order valence-corrected chi connectivity index (χ4v) is 3.79. The second-order valence-corrected chi connectivity index (χ2v) is 7.41. The highest BCUT2D eigenvalue weighted by Gasteiger charge is 2.29. The Labute approximate surface area is 162 Å². The van der Waals surface area contributed by atoms with E-state index in [0.29, 0.717) is 31.5 Å². The van der Waals surface area contributed by atoms with Crippen LogP contribution < -0.4 is 5.32 Å². The molecule has 0 saturated heterocycles. The first-order valence-corrected chi connectivity index (χ1v) is 9.42. The average Bonchev–Trinajstić information content (AvgIpc) is 3.14. The first-order valence-electron chi connectivity index (χ1n) is 9.42. The van der Waals surface area contributed by atoms with Crippen LogP contribution >= 0.6 is 0 Å². The number of aliphatic carboxylic acids is 1. The monoisotopic (exact) mass is 378 g/mol. The Kier molecular flexibility index (Phi) is 4.81. The number of aromatic nitrogens is 3. The predicted molar refractivity (Wildman–Crippen MR) is 106 cm³/mol. The third-order valence-electron chi connectivity index (χ3n) is 5.46. The van der Waals surface area contributed by atoms with Crippen LogP contribution in [-0.4, -0.2) is 31.7 Å². The number of rotatable bonds is 4. The lowest BCUT2D eigenvalue weighted by atomic mass is 9.81. The predicted octanol–water partition coefficient (Wildman–Crippen LogP) is 3.46. The lowest BCUT2D eigenvalue weighted by Crippen LogP contribution is -2.29. The molecular weight excluding hydrogens is 356 g/mol. The van der Waals surface area contributed by atoms with Crippen LogP contribution in [0.4, 0.5) is 5.82 Å². The summed E-state index contributed by atoms with van der Waals surface area (Å²) in [6, 6.07) is 7.96. The molecule has 2 heterocycles. The fourth-order valence-electron chi connectivity index (χ4n) is 3.79. The van der Waals surface area contributed by atoms with Crippen LogP contribution in [0, 0.1) is 11.8 Å². The molecule has 1 aliphatic carbocycles. The van der Waals surface area contributed by atoms with Crippen LogP contribution in [0.2, 0.25) is 0 Å². The van der Waals surface area contributed by atoms with Crippen molar-refractivity contribution in [2.45, 2.75) is 25.7 Å². The minimum absolute atomic E-state index is 0.0842. The average molecular weight is 378 g/mol. The first-order chi connectivity index (χ1) is 13.5. The number of hydrogen-bond donors (Lipinski definition) is 2. The van der Waals surface area contributed by atoms with Crippen LogP contribution in [-0.2, 0) is 16.6 Å². The SMILES string of the molecule is Cn1cc(-c2ccc3cnc(NC(=O)[C@H]4CC[C@H](C(=O)O)CC4)cc3c2)cn1. The molecule has 144 valence electrons. The summed E-state index contributed by atoms with van der Waals surface area (Å²) in [5, 5.41) is 18.2. The van der Waals surface area contributed by atoms with Gasteiger partial charge in [-0.2, -0.15) is 5.10 Å². The Hall–Kier alpha value is -3.22. The van der Waals surface area contributed by atoms with Crippen molar-refractivity contribution in [2.24, 2.45) is 18.9 Å². The summed E-state index contributed by atoms with van der Waals surface area (Å²) in [6.45, 7) is 0. The highest BCUT2D eigenvalue weighted by Crippen LogP contribution is 2.30. The molecule has 0 radical (unpaired) electrons. The Morgan fingerprint density at radius 1 is 1.04 bits per heavy atom. The molecule has 0 spiro atoms. The van der Waals surface area contributed by atoms with E-state index in [2.05, 4.69) is 21.5 Å². The number of amides is 1. The van der Waals surface area contributed by atoms with Gasteiger partial charge in [0.25, 0.3) is 0 Å². The molecular formula is C21H22N4O3. The second kappa shape index (κ2) is 7.42. The number of carbonyl (C=O) groups is 2. The molecule has 0 atom stereocenters. The van der Waals surface area contributed by atoms with Gasteiger partial charge in [-0.15, -0.1) is 0 Å². The maximum absolute atomic E-state index is 12.6. The summed E-state index contributed by atoms with van der Waals surface area (Å²) in [5.41, 5.74) is 2.08. The van der Waals surface area contributed by atoms with Crippen molar-refractivity contribution < 1.29 is 14.7 Å². The number of nitrogens with one attached hydrogen (secondary N) is 1. The van der Waals surface area contributed by atoms with E-state index in [1.54, 1.807) is 10.9 Å². The summed E-state index contributed by atoms with van der Waals surface area (Å²) in [4.78, 5) is 28.0. The van der Waals surface area contributed by atoms with E-state index in [-0.39, 0.29) is 17.7 Å². The summed E-state index contributed by atoms with van der Waals surface area (Å²) in [7, 11) is 1.88. The number of nitrogens with zero attached hydrogens (tertiary/aromatic N) is 3. The molecule has 0 bridgehead atoms. The van der Waals surface area contributed by atoms with E-state index in [4.69, 9.17) is 5.11 Å². The summed E-state index contributed by atoms with van der Waals surface area (Å²) >= 11 is 0. The standard InChI is InChI=1S/C21H22N4O3/c1-25-12-18(11-23-25)15-6-7-16-10-22-19(9-17(16)8-15)24-20(26)13-2-4-14(5-3-13)21(27)28/h6-14H,2-5H2,1H3,(H,27,28)(H,22,24,26)/t13-,14-. The molecule has 7 nitrogen and oxygen atoms in total. The smallest absolute Gasteiger partial charge is 0.306 e. The third-order valence-corrected chi connectivity index (χ3v) is 5.46. The number of anilines is 1. The van der Waals surface area contributed by atoms with Gasteiger partial charge in [0.2, 0.25) is 5.91 Å².